The van der Waals surface area contributed by atoms with E-state index < -0.39 is 18.6 Å². The number of carboxylic acids is 1. The Labute approximate surface area is 235 Å². The van der Waals surface area contributed by atoms with Gasteiger partial charge < -0.3 is 19.3 Å². The third-order valence-corrected chi connectivity index (χ3v) is 7.05. The van der Waals surface area contributed by atoms with Gasteiger partial charge in [0.2, 0.25) is 0 Å². The summed E-state index contributed by atoms with van der Waals surface area (Å²) in [6, 6.07) is 21.2. The number of aromatic nitrogens is 1. The number of carboxylic acid groups (broad SMARTS) is 1. The number of nitrogens with zero attached hydrogens (tertiary/aromatic N) is 2. The molecule has 4 rings (SSSR count). The number of carbonyl (C=O) groups excluding carboxylic acids is 1. The highest BCUT2D eigenvalue weighted by atomic mass is 35.5. The molecule has 0 aliphatic rings. The monoisotopic (exact) mass is 566 g/mol. The third kappa shape index (κ3) is 7.95. The molecule has 0 bridgehead atoms. The van der Waals surface area contributed by atoms with Crippen LogP contribution in [0.5, 0.6) is 17.2 Å². The molecule has 0 saturated carbocycles. The first-order valence-corrected chi connectivity index (χ1v) is 13.3. The Hall–Kier alpha value is -4.08. The topological polar surface area (TPSA) is 98.2 Å². The second-order valence-electron chi connectivity index (χ2n) is 8.56. The van der Waals surface area contributed by atoms with E-state index in [0.29, 0.717) is 29.5 Å². The number of amides is 1. The molecule has 0 spiro atoms. The maximum absolute atomic E-state index is 12.7. The molecule has 0 aliphatic heterocycles. The van der Waals surface area contributed by atoms with Crippen molar-refractivity contribution >= 4 is 35.0 Å². The summed E-state index contributed by atoms with van der Waals surface area (Å²) in [5.41, 5.74) is 2.75. The van der Waals surface area contributed by atoms with Crippen molar-refractivity contribution in [1.29, 1.82) is 0 Å². The van der Waals surface area contributed by atoms with E-state index in [0.717, 1.165) is 31.6 Å². The van der Waals surface area contributed by atoms with Crippen LogP contribution in [0.4, 0.5) is 4.79 Å². The van der Waals surface area contributed by atoms with E-state index in [1.165, 1.54) is 7.11 Å². The fourth-order valence-corrected chi connectivity index (χ4v) is 4.80. The standard InChI is InChI=1S/C29H27ClN2O6S/c1-19-26(31-28(39-19)21-5-7-22(30)8-6-21)15-16-37-24-9-3-20(4-10-24)17-32(18-27(33)34)29(35)38-25-13-11-23(36-2)12-14-25/h3-14H,15-18H2,1-2H3,(H,33,34). The van der Waals surface area contributed by atoms with Gasteiger partial charge in [-0.3, -0.25) is 9.69 Å². The van der Waals surface area contributed by atoms with Gasteiger partial charge >= 0.3 is 12.1 Å². The van der Waals surface area contributed by atoms with Crippen molar-refractivity contribution in [3.63, 3.8) is 0 Å². The molecule has 4 aromatic rings. The molecule has 0 saturated heterocycles. The lowest BCUT2D eigenvalue weighted by molar-refractivity contribution is -0.138. The average Bonchev–Trinajstić information content (AvgIpc) is 3.30. The Kier molecular flexibility index (Phi) is 9.40. The molecular weight excluding hydrogens is 540 g/mol. The molecule has 1 amide bonds. The van der Waals surface area contributed by atoms with Crippen molar-refractivity contribution in [1.82, 2.24) is 9.88 Å². The largest absolute Gasteiger partial charge is 0.497 e. The Bertz CT molecular complexity index is 1410. The Morgan fingerprint density at radius 2 is 1.59 bits per heavy atom. The van der Waals surface area contributed by atoms with E-state index in [2.05, 4.69) is 0 Å². The van der Waals surface area contributed by atoms with Gasteiger partial charge in [0.15, 0.2) is 0 Å². The quantitative estimate of drug-likeness (QED) is 0.222. The van der Waals surface area contributed by atoms with Crippen LogP contribution < -0.4 is 14.2 Å². The molecule has 8 nitrogen and oxygen atoms in total. The number of hydrogen-bond acceptors (Lipinski definition) is 7. The van der Waals surface area contributed by atoms with E-state index in [1.807, 2.05) is 31.2 Å². The van der Waals surface area contributed by atoms with Crippen LogP contribution in [0.1, 0.15) is 16.1 Å². The maximum atomic E-state index is 12.7. The summed E-state index contributed by atoms with van der Waals surface area (Å²) in [7, 11) is 1.53. The van der Waals surface area contributed by atoms with E-state index >= 15 is 0 Å². The molecule has 10 heteroatoms. The molecule has 0 atom stereocenters. The average molecular weight is 567 g/mol. The van der Waals surface area contributed by atoms with Crippen LogP contribution in [-0.2, 0) is 17.8 Å². The number of carbonyl (C=O) groups is 2. The van der Waals surface area contributed by atoms with Crippen molar-refractivity contribution < 1.29 is 28.9 Å². The minimum atomic E-state index is -1.14. The van der Waals surface area contributed by atoms with Crippen molar-refractivity contribution in [3.8, 4) is 27.8 Å². The fraction of sp³-hybridized carbons (Fsp3) is 0.207. The number of rotatable bonds is 11. The smallest absolute Gasteiger partial charge is 0.416 e. The van der Waals surface area contributed by atoms with Gasteiger partial charge in [0.05, 0.1) is 19.4 Å². The summed E-state index contributed by atoms with van der Waals surface area (Å²) in [4.78, 5) is 31.0. The summed E-state index contributed by atoms with van der Waals surface area (Å²) in [6.07, 6.45) is -0.110. The van der Waals surface area contributed by atoms with E-state index in [4.69, 9.17) is 30.8 Å². The molecule has 3 aromatic carbocycles. The number of hydrogen-bond donors (Lipinski definition) is 1. The predicted molar refractivity (Wildman–Crippen MR) is 150 cm³/mol. The number of ether oxygens (including phenoxy) is 3. The van der Waals surface area contributed by atoms with E-state index in [-0.39, 0.29) is 12.3 Å². The summed E-state index contributed by atoms with van der Waals surface area (Å²) < 4.78 is 16.3. The van der Waals surface area contributed by atoms with Crippen molar-refractivity contribution in [3.05, 3.63) is 94.0 Å². The molecular formula is C29H27ClN2O6S. The summed E-state index contributed by atoms with van der Waals surface area (Å²) in [6.45, 7) is 2.05. The second kappa shape index (κ2) is 13.1. The molecule has 39 heavy (non-hydrogen) atoms. The zero-order chi connectivity index (χ0) is 27.8. The van der Waals surface area contributed by atoms with Crippen LogP contribution >= 0.6 is 22.9 Å². The minimum absolute atomic E-state index is 0.0626. The van der Waals surface area contributed by atoms with Gasteiger partial charge in [-0.2, -0.15) is 0 Å². The third-order valence-electron chi connectivity index (χ3n) is 5.74. The number of halogens is 1. The SMILES string of the molecule is COc1ccc(OC(=O)N(CC(=O)O)Cc2ccc(OCCc3nc(-c4ccc(Cl)cc4)sc3C)cc2)cc1. The van der Waals surface area contributed by atoms with Gasteiger partial charge in [-0.05, 0) is 61.0 Å². The lowest BCUT2D eigenvalue weighted by Gasteiger charge is -2.20. The van der Waals surface area contributed by atoms with Crippen LogP contribution in [0.15, 0.2) is 72.8 Å². The predicted octanol–water partition coefficient (Wildman–Crippen LogP) is 6.49. The highest BCUT2D eigenvalue weighted by Crippen LogP contribution is 2.29. The first-order valence-electron chi connectivity index (χ1n) is 12.1. The number of aliphatic carboxylic acids is 1. The van der Waals surface area contributed by atoms with Crippen LogP contribution in [0.25, 0.3) is 10.6 Å². The van der Waals surface area contributed by atoms with Crippen molar-refractivity contribution in [2.75, 3.05) is 20.3 Å². The molecule has 1 aromatic heterocycles. The summed E-state index contributed by atoms with van der Waals surface area (Å²) >= 11 is 7.62. The van der Waals surface area contributed by atoms with Gasteiger partial charge in [0.1, 0.15) is 28.8 Å². The molecule has 1 heterocycles. The second-order valence-corrected chi connectivity index (χ2v) is 10.2. The fourth-order valence-electron chi connectivity index (χ4n) is 3.71. The van der Waals surface area contributed by atoms with Gasteiger partial charge in [0, 0.05) is 28.4 Å². The van der Waals surface area contributed by atoms with E-state index in [1.54, 1.807) is 59.9 Å². The minimum Gasteiger partial charge on any atom is -0.497 e. The molecule has 0 unspecified atom stereocenters. The molecule has 0 radical (unpaired) electrons. The van der Waals surface area contributed by atoms with Crippen LogP contribution in [-0.4, -0.2) is 47.3 Å². The van der Waals surface area contributed by atoms with Crippen LogP contribution in [0.3, 0.4) is 0 Å². The van der Waals surface area contributed by atoms with Gasteiger partial charge in [-0.15, -0.1) is 11.3 Å². The molecule has 202 valence electrons. The first-order chi connectivity index (χ1) is 18.8. The van der Waals surface area contributed by atoms with Crippen LogP contribution in [0.2, 0.25) is 5.02 Å². The van der Waals surface area contributed by atoms with Gasteiger partial charge in [0.25, 0.3) is 0 Å². The number of thiazole rings is 1. The zero-order valence-corrected chi connectivity index (χ0v) is 23.0. The normalized spacial score (nSPS) is 10.6. The number of aryl methyl sites for hydroxylation is 1. The first kappa shape index (κ1) is 27.9. The van der Waals surface area contributed by atoms with Gasteiger partial charge in [-0.25, -0.2) is 9.78 Å². The maximum Gasteiger partial charge on any atom is 0.416 e. The van der Waals surface area contributed by atoms with Crippen molar-refractivity contribution in [2.45, 2.75) is 19.9 Å². The van der Waals surface area contributed by atoms with E-state index in [9.17, 15) is 14.7 Å². The summed E-state index contributed by atoms with van der Waals surface area (Å²) in [5, 5.41) is 10.9. The highest BCUT2D eigenvalue weighted by Gasteiger charge is 2.20. The zero-order valence-electron chi connectivity index (χ0n) is 21.4. The summed E-state index contributed by atoms with van der Waals surface area (Å²) in [5.74, 6) is 0.424. The molecule has 0 aliphatic carbocycles. The lowest BCUT2D eigenvalue weighted by Crippen LogP contribution is -2.37. The van der Waals surface area contributed by atoms with Crippen LogP contribution in [0, 0.1) is 6.92 Å². The van der Waals surface area contributed by atoms with Gasteiger partial charge in [-0.1, -0.05) is 35.9 Å². The highest BCUT2D eigenvalue weighted by molar-refractivity contribution is 7.15. The van der Waals surface area contributed by atoms with Crippen molar-refractivity contribution in [2.24, 2.45) is 0 Å². The Balaban J connectivity index is 1.32. The number of benzene rings is 3. The molecule has 0 fully saturated rings. The Morgan fingerprint density at radius 1 is 0.949 bits per heavy atom. The molecule has 1 N–H and O–H groups in total. The number of methoxy groups -OCH3 is 1. The Morgan fingerprint density at radius 3 is 2.23 bits per heavy atom. The lowest BCUT2D eigenvalue weighted by atomic mass is 10.2.